The van der Waals surface area contributed by atoms with Crippen LogP contribution in [-0.4, -0.2) is 23.3 Å². The van der Waals surface area contributed by atoms with Gasteiger partial charge < -0.3 is 4.74 Å². The number of ketones is 1. The molecule has 0 unspecified atom stereocenters. The zero-order chi connectivity index (χ0) is 19.4. The lowest BCUT2D eigenvalue weighted by atomic mass is 10.1. The van der Waals surface area contributed by atoms with Gasteiger partial charge >= 0.3 is 0 Å². The van der Waals surface area contributed by atoms with E-state index in [2.05, 4.69) is 10.3 Å². The van der Waals surface area contributed by atoms with Crippen molar-refractivity contribution in [3.05, 3.63) is 65.0 Å². The fourth-order valence-corrected chi connectivity index (χ4v) is 2.96. The maximum atomic E-state index is 13.3. The average molecular weight is 388 g/mol. The molecule has 8 heteroatoms. The second kappa shape index (κ2) is 8.05. The van der Waals surface area contributed by atoms with E-state index in [9.17, 15) is 18.4 Å². The van der Waals surface area contributed by atoms with Crippen LogP contribution in [0.2, 0.25) is 0 Å². The van der Waals surface area contributed by atoms with Gasteiger partial charge in [0.05, 0.1) is 5.69 Å². The molecule has 0 aliphatic carbocycles. The summed E-state index contributed by atoms with van der Waals surface area (Å²) in [5.74, 6) is -2.04. The summed E-state index contributed by atoms with van der Waals surface area (Å²) < 4.78 is 31.7. The number of rotatable bonds is 6. The van der Waals surface area contributed by atoms with Crippen molar-refractivity contribution < 1.29 is 23.1 Å². The summed E-state index contributed by atoms with van der Waals surface area (Å²) in [5.41, 5.74) is 1.32. The summed E-state index contributed by atoms with van der Waals surface area (Å²) in [6.45, 7) is 1.18. The van der Waals surface area contributed by atoms with Crippen LogP contribution in [0.15, 0.2) is 47.8 Å². The molecule has 0 bridgehead atoms. The van der Waals surface area contributed by atoms with Gasteiger partial charge in [0.1, 0.15) is 5.75 Å². The molecule has 138 valence electrons. The molecule has 0 aliphatic heterocycles. The molecule has 0 aliphatic rings. The highest BCUT2D eigenvalue weighted by Gasteiger charge is 2.11. The predicted molar refractivity (Wildman–Crippen MR) is 98.0 cm³/mol. The third-order valence-corrected chi connectivity index (χ3v) is 4.33. The molecule has 2 aromatic carbocycles. The number of nitrogens with one attached hydrogen (secondary N) is 1. The summed E-state index contributed by atoms with van der Waals surface area (Å²) in [4.78, 5) is 27.5. The molecular weight excluding hydrogens is 374 g/mol. The van der Waals surface area contributed by atoms with Crippen LogP contribution in [0.25, 0.3) is 11.3 Å². The number of carbonyl (C=O) groups is 2. The van der Waals surface area contributed by atoms with E-state index >= 15 is 0 Å². The van der Waals surface area contributed by atoms with Crippen molar-refractivity contribution in [1.82, 2.24) is 4.98 Å². The van der Waals surface area contributed by atoms with E-state index in [-0.39, 0.29) is 12.4 Å². The Balaban J connectivity index is 1.60. The van der Waals surface area contributed by atoms with E-state index in [1.807, 2.05) is 0 Å². The molecule has 3 rings (SSSR count). The van der Waals surface area contributed by atoms with Gasteiger partial charge in [-0.3, -0.25) is 14.9 Å². The summed E-state index contributed by atoms with van der Waals surface area (Å²) >= 11 is 1.15. The number of hydrogen-bond acceptors (Lipinski definition) is 5. The van der Waals surface area contributed by atoms with Gasteiger partial charge in [0.25, 0.3) is 5.91 Å². The van der Waals surface area contributed by atoms with Crippen molar-refractivity contribution >= 4 is 28.2 Å². The Labute approximate surface area is 157 Å². The number of hydrogen-bond donors (Lipinski definition) is 1. The summed E-state index contributed by atoms with van der Waals surface area (Å²) in [6, 6.07) is 9.99. The van der Waals surface area contributed by atoms with Crippen molar-refractivity contribution in [2.75, 3.05) is 11.9 Å². The first-order valence-corrected chi connectivity index (χ1v) is 8.75. The number of nitrogens with zero attached hydrogens (tertiary/aromatic N) is 1. The Hall–Kier alpha value is -3.13. The second-order valence-electron chi connectivity index (χ2n) is 5.59. The maximum Gasteiger partial charge on any atom is 0.264 e. The molecular formula is C19H14F2N2O3S. The number of aromatic nitrogens is 1. The lowest BCUT2D eigenvalue weighted by Crippen LogP contribution is -2.20. The molecule has 0 fully saturated rings. The molecule has 1 amide bonds. The van der Waals surface area contributed by atoms with Gasteiger partial charge in [0, 0.05) is 16.5 Å². The highest BCUT2D eigenvalue weighted by Crippen LogP contribution is 2.26. The SMILES string of the molecule is CC(=O)c1cccc(OCC(=O)Nc2nc(-c3ccc(F)c(F)c3)cs2)c1. The Morgan fingerprint density at radius 2 is 1.96 bits per heavy atom. The van der Waals surface area contributed by atoms with Crippen LogP contribution in [0, 0.1) is 11.6 Å². The van der Waals surface area contributed by atoms with Crippen LogP contribution in [0.1, 0.15) is 17.3 Å². The molecule has 3 aromatic rings. The monoisotopic (exact) mass is 388 g/mol. The molecule has 0 atom stereocenters. The first-order chi connectivity index (χ1) is 12.9. The van der Waals surface area contributed by atoms with E-state index in [4.69, 9.17) is 4.74 Å². The van der Waals surface area contributed by atoms with Crippen molar-refractivity contribution in [3.8, 4) is 17.0 Å². The summed E-state index contributed by atoms with van der Waals surface area (Å²) in [5, 5.41) is 4.51. The molecule has 1 N–H and O–H groups in total. The molecule has 27 heavy (non-hydrogen) atoms. The molecule has 5 nitrogen and oxygen atoms in total. The van der Waals surface area contributed by atoms with Crippen molar-refractivity contribution in [1.29, 1.82) is 0 Å². The van der Waals surface area contributed by atoms with Crippen LogP contribution >= 0.6 is 11.3 Å². The molecule has 0 saturated heterocycles. The number of Topliss-reactive ketones (excluding diaryl/α,β-unsaturated/α-hetero) is 1. The van der Waals surface area contributed by atoms with Gasteiger partial charge in [0.2, 0.25) is 0 Å². The average Bonchev–Trinajstić information content (AvgIpc) is 3.11. The molecule has 0 saturated carbocycles. The summed E-state index contributed by atoms with van der Waals surface area (Å²) in [6.07, 6.45) is 0. The fraction of sp³-hybridized carbons (Fsp3) is 0.105. The first kappa shape index (κ1) is 18.7. The van der Waals surface area contributed by atoms with E-state index in [0.29, 0.717) is 27.7 Å². The van der Waals surface area contributed by atoms with Crippen LogP contribution in [-0.2, 0) is 4.79 Å². The predicted octanol–water partition coefficient (Wildman–Crippen LogP) is 4.31. The van der Waals surface area contributed by atoms with Gasteiger partial charge in [-0.2, -0.15) is 0 Å². The number of benzene rings is 2. The number of carbonyl (C=O) groups excluding carboxylic acids is 2. The van der Waals surface area contributed by atoms with Gasteiger partial charge in [-0.1, -0.05) is 12.1 Å². The Morgan fingerprint density at radius 3 is 2.70 bits per heavy atom. The Bertz CT molecular complexity index is 1000. The minimum absolute atomic E-state index is 0.0996. The fourth-order valence-electron chi connectivity index (χ4n) is 2.23. The lowest BCUT2D eigenvalue weighted by molar-refractivity contribution is -0.118. The Kier molecular flexibility index (Phi) is 5.56. The lowest BCUT2D eigenvalue weighted by Gasteiger charge is -2.06. The van der Waals surface area contributed by atoms with E-state index in [0.717, 1.165) is 23.5 Å². The van der Waals surface area contributed by atoms with Gasteiger partial charge in [-0.05, 0) is 37.3 Å². The zero-order valence-corrected chi connectivity index (χ0v) is 15.0. The smallest absolute Gasteiger partial charge is 0.264 e. The second-order valence-corrected chi connectivity index (χ2v) is 6.45. The van der Waals surface area contributed by atoms with E-state index < -0.39 is 17.5 Å². The molecule has 0 spiro atoms. The third-order valence-electron chi connectivity index (χ3n) is 3.58. The molecule has 1 heterocycles. The number of ether oxygens (including phenoxy) is 1. The van der Waals surface area contributed by atoms with Gasteiger partial charge in [-0.15, -0.1) is 11.3 Å². The van der Waals surface area contributed by atoms with Gasteiger partial charge in [-0.25, -0.2) is 13.8 Å². The van der Waals surface area contributed by atoms with Gasteiger partial charge in [0.15, 0.2) is 29.2 Å². The molecule has 0 radical (unpaired) electrons. The minimum Gasteiger partial charge on any atom is -0.484 e. The quantitative estimate of drug-likeness (QED) is 0.639. The van der Waals surface area contributed by atoms with Crippen LogP contribution < -0.4 is 10.1 Å². The van der Waals surface area contributed by atoms with Crippen LogP contribution in [0.5, 0.6) is 5.75 Å². The van der Waals surface area contributed by atoms with E-state index in [1.165, 1.54) is 13.0 Å². The number of thiazole rings is 1. The third kappa shape index (κ3) is 4.73. The first-order valence-electron chi connectivity index (χ1n) is 7.87. The van der Waals surface area contributed by atoms with Crippen molar-refractivity contribution in [3.63, 3.8) is 0 Å². The van der Waals surface area contributed by atoms with Crippen LogP contribution in [0.4, 0.5) is 13.9 Å². The number of amides is 1. The zero-order valence-electron chi connectivity index (χ0n) is 14.2. The normalized spacial score (nSPS) is 10.5. The summed E-state index contributed by atoms with van der Waals surface area (Å²) in [7, 11) is 0. The minimum atomic E-state index is -0.965. The maximum absolute atomic E-state index is 13.3. The highest BCUT2D eigenvalue weighted by molar-refractivity contribution is 7.14. The highest BCUT2D eigenvalue weighted by atomic mass is 32.1. The van der Waals surface area contributed by atoms with E-state index in [1.54, 1.807) is 29.6 Å². The Morgan fingerprint density at radius 1 is 1.15 bits per heavy atom. The van der Waals surface area contributed by atoms with Crippen molar-refractivity contribution in [2.45, 2.75) is 6.92 Å². The topological polar surface area (TPSA) is 68.3 Å². The van der Waals surface area contributed by atoms with Crippen LogP contribution in [0.3, 0.4) is 0 Å². The number of anilines is 1. The standard InChI is InChI=1S/C19H14F2N2O3S/c1-11(24)12-3-2-4-14(7-12)26-9-18(25)23-19-22-17(10-27-19)13-5-6-15(20)16(21)8-13/h2-8,10H,9H2,1H3,(H,22,23,25). The van der Waals surface area contributed by atoms with Crippen molar-refractivity contribution in [2.24, 2.45) is 0 Å². The molecule has 1 aromatic heterocycles. The number of halogens is 2. The largest absolute Gasteiger partial charge is 0.484 e.